The summed E-state index contributed by atoms with van der Waals surface area (Å²) in [4.78, 5) is 10.1. The molecule has 0 unspecified atom stereocenters. The first-order valence-corrected chi connectivity index (χ1v) is 9.71. The summed E-state index contributed by atoms with van der Waals surface area (Å²) in [5.74, 6) is 2.60. The molecule has 0 amide bonds. The zero-order chi connectivity index (χ0) is 17.0. The molecule has 2 atom stereocenters. The highest BCUT2D eigenvalue weighted by Gasteiger charge is 2.37. The largest absolute Gasteiger partial charge is 0.355 e. The lowest BCUT2D eigenvalue weighted by molar-refractivity contribution is 0.128. The Bertz CT molecular complexity index is 801. The Morgan fingerprint density at radius 3 is 2.80 bits per heavy atom. The van der Waals surface area contributed by atoms with Gasteiger partial charge in [0.15, 0.2) is 0 Å². The topological polar surface area (TPSA) is 19.4 Å². The van der Waals surface area contributed by atoms with Crippen LogP contribution in [0.25, 0.3) is 10.9 Å². The van der Waals surface area contributed by atoms with Crippen LogP contribution in [0.15, 0.2) is 24.3 Å². The molecule has 6 rings (SSSR count). The SMILES string of the molecule is Cc1cc(N2C[C@H]3CC[C@@H](C2)N(CC2CC2)C3)nc2ccc(F)cc12. The Morgan fingerprint density at radius 1 is 1.08 bits per heavy atom. The summed E-state index contributed by atoms with van der Waals surface area (Å²) in [5.41, 5.74) is 2.02. The van der Waals surface area contributed by atoms with E-state index in [9.17, 15) is 4.39 Å². The Labute approximate surface area is 148 Å². The van der Waals surface area contributed by atoms with E-state index in [0.29, 0.717) is 6.04 Å². The third kappa shape index (κ3) is 3.01. The van der Waals surface area contributed by atoms with Crippen molar-refractivity contribution >= 4 is 16.7 Å². The molecule has 25 heavy (non-hydrogen) atoms. The molecule has 132 valence electrons. The number of rotatable bonds is 3. The summed E-state index contributed by atoms with van der Waals surface area (Å²) in [6.07, 6.45) is 5.53. The van der Waals surface area contributed by atoms with E-state index in [-0.39, 0.29) is 5.82 Å². The number of fused-ring (bicyclic) bond motifs is 5. The maximum atomic E-state index is 13.5. The monoisotopic (exact) mass is 339 g/mol. The van der Waals surface area contributed by atoms with Crippen molar-refractivity contribution in [1.82, 2.24) is 9.88 Å². The lowest BCUT2D eigenvalue weighted by Gasteiger charge is -2.36. The van der Waals surface area contributed by atoms with Crippen LogP contribution >= 0.6 is 0 Å². The van der Waals surface area contributed by atoms with Crippen molar-refractivity contribution in [2.24, 2.45) is 11.8 Å². The number of pyridine rings is 1. The van der Waals surface area contributed by atoms with Crippen molar-refractivity contribution in [2.45, 2.75) is 38.6 Å². The van der Waals surface area contributed by atoms with Gasteiger partial charge in [0.25, 0.3) is 0 Å². The van der Waals surface area contributed by atoms with Crippen molar-refractivity contribution in [1.29, 1.82) is 0 Å². The summed E-state index contributed by atoms with van der Waals surface area (Å²) in [6, 6.07) is 7.75. The average Bonchev–Trinajstić information content (AvgIpc) is 3.43. The fraction of sp³-hybridized carbons (Fsp3) is 0.571. The van der Waals surface area contributed by atoms with Gasteiger partial charge < -0.3 is 4.90 Å². The predicted molar refractivity (Wildman–Crippen MR) is 99.5 cm³/mol. The van der Waals surface area contributed by atoms with Gasteiger partial charge in [-0.05, 0) is 74.3 Å². The number of anilines is 1. The van der Waals surface area contributed by atoms with Crippen molar-refractivity contribution in [3.05, 3.63) is 35.6 Å². The fourth-order valence-corrected chi connectivity index (χ4v) is 4.73. The molecule has 1 aromatic heterocycles. The van der Waals surface area contributed by atoms with E-state index < -0.39 is 0 Å². The van der Waals surface area contributed by atoms with Crippen LogP contribution in [0.3, 0.4) is 0 Å². The first-order valence-electron chi connectivity index (χ1n) is 9.71. The minimum Gasteiger partial charge on any atom is -0.355 e. The second-order valence-electron chi connectivity index (χ2n) is 8.36. The molecule has 1 aliphatic carbocycles. The second kappa shape index (κ2) is 5.94. The predicted octanol–water partition coefficient (Wildman–Crippen LogP) is 3.99. The highest BCUT2D eigenvalue weighted by molar-refractivity contribution is 5.84. The highest BCUT2D eigenvalue weighted by Crippen LogP contribution is 2.36. The Hall–Kier alpha value is -1.68. The molecule has 4 heteroatoms. The van der Waals surface area contributed by atoms with E-state index in [2.05, 4.69) is 22.8 Å². The van der Waals surface area contributed by atoms with Crippen LogP contribution < -0.4 is 4.90 Å². The standard InChI is InChI=1S/C21H26FN3/c1-14-8-21(23-20-7-5-17(22)9-19(14)20)25-12-16-4-6-18(13-25)24(11-16)10-15-2-3-15/h5,7-9,15-16,18H,2-4,6,10-13H2,1H3/t16-,18-/m0/s1. The summed E-state index contributed by atoms with van der Waals surface area (Å²) in [5, 5.41) is 0.928. The summed E-state index contributed by atoms with van der Waals surface area (Å²) < 4.78 is 13.5. The van der Waals surface area contributed by atoms with Crippen molar-refractivity contribution in [2.75, 3.05) is 31.1 Å². The van der Waals surface area contributed by atoms with E-state index in [1.54, 1.807) is 6.07 Å². The fourth-order valence-electron chi connectivity index (χ4n) is 4.73. The van der Waals surface area contributed by atoms with Gasteiger partial charge in [0.2, 0.25) is 0 Å². The number of nitrogens with zero attached hydrogens (tertiary/aromatic N) is 3. The van der Waals surface area contributed by atoms with Crippen LogP contribution in [0.4, 0.5) is 10.2 Å². The molecule has 4 fully saturated rings. The Kier molecular flexibility index (Phi) is 3.70. The molecule has 1 saturated carbocycles. The van der Waals surface area contributed by atoms with Crippen molar-refractivity contribution in [3.8, 4) is 0 Å². The summed E-state index contributed by atoms with van der Waals surface area (Å²) >= 11 is 0. The van der Waals surface area contributed by atoms with E-state index in [4.69, 9.17) is 4.98 Å². The first-order chi connectivity index (χ1) is 12.2. The molecule has 1 aromatic carbocycles. The maximum Gasteiger partial charge on any atom is 0.129 e. The lowest BCUT2D eigenvalue weighted by atomic mass is 9.95. The molecule has 4 aliphatic rings. The van der Waals surface area contributed by atoms with Gasteiger partial charge in [-0.1, -0.05) is 0 Å². The van der Waals surface area contributed by atoms with Gasteiger partial charge >= 0.3 is 0 Å². The van der Waals surface area contributed by atoms with Crippen molar-refractivity contribution in [3.63, 3.8) is 0 Å². The second-order valence-corrected chi connectivity index (χ2v) is 8.36. The third-order valence-corrected chi connectivity index (χ3v) is 6.30. The summed E-state index contributed by atoms with van der Waals surface area (Å²) in [7, 11) is 0. The highest BCUT2D eigenvalue weighted by atomic mass is 19.1. The molecule has 3 aliphatic heterocycles. The van der Waals surface area contributed by atoms with E-state index >= 15 is 0 Å². The van der Waals surface area contributed by atoms with E-state index in [1.807, 2.05) is 6.07 Å². The molecular formula is C21H26FN3. The zero-order valence-electron chi connectivity index (χ0n) is 14.9. The van der Waals surface area contributed by atoms with Gasteiger partial charge in [0, 0.05) is 37.6 Å². The number of hydrogen-bond acceptors (Lipinski definition) is 3. The molecule has 3 nitrogen and oxygen atoms in total. The van der Waals surface area contributed by atoms with E-state index in [0.717, 1.165) is 47.2 Å². The smallest absolute Gasteiger partial charge is 0.129 e. The minimum atomic E-state index is -0.186. The van der Waals surface area contributed by atoms with Gasteiger partial charge in [0.05, 0.1) is 5.52 Å². The normalized spacial score (nSPS) is 27.0. The molecular weight excluding hydrogens is 313 g/mol. The molecule has 2 bridgehead atoms. The molecule has 0 radical (unpaired) electrons. The maximum absolute atomic E-state index is 13.5. The van der Waals surface area contributed by atoms with Gasteiger partial charge in [-0.2, -0.15) is 0 Å². The molecule has 0 N–H and O–H groups in total. The van der Waals surface area contributed by atoms with Crippen molar-refractivity contribution < 1.29 is 4.39 Å². The number of piperidine rings is 1. The van der Waals surface area contributed by atoms with Gasteiger partial charge in [-0.15, -0.1) is 0 Å². The van der Waals surface area contributed by atoms with Crippen LogP contribution in [-0.4, -0.2) is 42.1 Å². The zero-order valence-corrected chi connectivity index (χ0v) is 14.9. The summed E-state index contributed by atoms with van der Waals surface area (Å²) in [6.45, 7) is 6.83. The molecule has 0 spiro atoms. The van der Waals surface area contributed by atoms with Crippen LogP contribution in [0.5, 0.6) is 0 Å². The van der Waals surface area contributed by atoms with Crippen LogP contribution in [0.2, 0.25) is 0 Å². The molecule has 3 saturated heterocycles. The van der Waals surface area contributed by atoms with Gasteiger partial charge in [0.1, 0.15) is 11.6 Å². The Balaban J connectivity index is 1.45. The van der Waals surface area contributed by atoms with Gasteiger partial charge in [-0.25, -0.2) is 9.37 Å². The number of benzene rings is 1. The molecule has 2 aromatic rings. The first kappa shape index (κ1) is 15.6. The van der Waals surface area contributed by atoms with E-state index in [1.165, 1.54) is 44.8 Å². The third-order valence-electron chi connectivity index (χ3n) is 6.30. The van der Waals surface area contributed by atoms with Gasteiger partial charge in [-0.3, -0.25) is 4.90 Å². The van der Waals surface area contributed by atoms with Crippen LogP contribution in [-0.2, 0) is 0 Å². The Morgan fingerprint density at radius 2 is 1.96 bits per heavy atom. The average molecular weight is 339 g/mol. The molecule has 4 heterocycles. The number of aryl methyl sites for hydroxylation is 1. The lowest BCUT2D eigenvalue weighted by Crippen LogP contribution is -2.44. The quantitative estimate of drug-likeness (QED) is 0.843. The van der Waals surface area contributed by atoms with Crippen LogP contribution in [0.1, 0.15) is 31.2 Å². The number of aromatic nitrogens is 1. The minimum absolute atomic E-state index is 0.186. The number of halogens is 1. The van der Waals surface area contributed by atoms with Crippen LogP contribution in [0, 0.1) is 24.6 Å². The number of hydrogen-bond donors (Lipinski definition) is 0.